The second kappa shape index (κ2) is 6.04. The Hall–Kier alpha value is -1.05. The Bertz CT molecular complexity index is 477. The fourth-order valence-electron chi connectivity index (χ4n) is 1.31. The molecule has 1 aromatic rings. The van der Waals surface area contributed by atoms with Gasteiger partial charge in [0.2, 0.25) is 10.0 Å². The molecule has 0 heterocycles. The highest BCUT2D eigenvalue weighted by atomic mass is 32.2. The Morgan fingerprint density at radius 1 is 1.29 bits per heavy atom. The molecule has 0 saturated heterocycles. The minimum absolute atomic E-state index is 0.133. The van der Waals surface area contributed by atoms with Crippen molar-refractivity contribution < 1.29 is 17.2 Å². The maximum atomic E-state index is 13.2. The quantitative estimate of drug-likeness (QED) is 0.744. The summed E-state index contributed by atoms with van der Waals surface area (Å²) in [6.07, 6.45) is 0.329. The molecule has 0 spiro atoms. The van der Waals surface area contributed by atoms with Gasteiger partial charge in [-0.25, -0.2) is 22.3 Å². The summed E-state index contributed by atoms with van der Waals surface area (Å²) in [5, 5.41) is 7.62. The van der Waals surface area contributed by atoms with E-state index in [4.69, 9.17) is 5.14 Å². The SMILES string of the molecule is NS(=O)(=O)CCCNCc1cccc(F)c1F. The van der Waals surface area contributed by atoms with Gasteiger partial charge in [-0.3, -0.25) is 0 Å². The van der Waals surface area contributed by atoms with Crippen LogP contribution in [0.15, 0.2) is 18.2 Å². The number of nitrogens with one attached hydrogen (secondary N) is 1. The Morgan fingerprint density at radius 2 is 2.00 bits per heavy atom. The number of nitrogens with two attached hydrogens (primary N) is 1. The molecule has 0 radical (unpaired) electrons. The zero-order valence-electron chi connectivity index (χ0n) is 9.12. The fraction of sp³-hybridized carbons (Fsp3) is 0.400. The average Bonchev–Trinajstić information content (AvgIpc) is 2.22. The van der Waals surface area contributed by atoms with Crippen molar-refractivity contribution in [2.75, 3.05) is 12.3 Å². The van der Waals surface area contributed by atoms with Crippen molar-refractivity contribution in [3.05, 3.63) is 35.4 Å². The predicted molar refractivity (Wildman–Crippen MR) is 60.7 cm³/mol. The third kappa shape index (κ3) is 5.20. The lowest BCUT2D eigenvalue weighted by Gasteiger charge is -2.05. The molecule has 0 saturated carbocycles. The normalized spacial score (nSPS) is 11.7. The Morgan fingerprint density at radius 3 is 2.65 bits per heavy atom. The second-order valence-electron chi connectivity index (χ2n) is 3.61. The lowest BCUT2D eigenvalue weighted by molar-refractivity contribution is 0.492. The summed E-state index contributed by atoms with van der Waals surface area (Å²) in [6.45, 7) is 0.514. The molecule has 96 valence electrons. The van der Waals surface area contributed by atoms with E-state index in [2.05, 4.69) is 5.32 Å². The first-order valence-corrected chi connectivity index (χ1v) is 6.76. The van der Waals surface area contributed by atoms with Crippen molar-refractivity contribution in [3.63, 3.8) is 0 Å². The van der Waals surface area contributed by atoms with Crippen LogP contribution < -0.4 is 10.5 Å². The van der Waals surface area contributed by atoms with Gasteiger partial charge in [0, 0.05) is 12.1 Å². The lowest BCUT2D eigenvalue weighted by atomic mass is 10.2. The summed E-state index contributed by atoms with van der Waals surface area (Å²) in [5.41, 5.74) is 0.209. The minimum Gasteiger partial charge on any atom is -0.313 e. The number of sulfonamides is 1. The highest BCUT2D eigenvalue weighted by Gasteiger charge is 2.07. The van der Waals surface area contributed by atoms with E-state index >= 15 is 0 Å². The van der Waals surface area contributed by atoms with Crippen LogP contribution in [-0.4, -0.2) is 20.7 Å². The van der Waals surface area contributed by atoms with Gasteiger partial charge in [0.25, 0.3) is 0 Å². The molecule has 0 atom stereocenters. The molecule has 1 rings (SSSR count). The van der Waals surface area contributed by atoms with Crippen molar-refractivity contribution in [2.45, 2.75) is 13.0 Å². The molecule has 0 bridgehead atoms. The molecule has 7 heteroatoms. The lowest BCUT2D eigenvalue weighted by Crippen LogP contribution is -2.22. The first-order valence-electron chi connectivity index (χ1n) is 5.04. The summed E-state index contributed by atoms with van der Waals surface area (Å²) in [7, 11) is -3.46. The monoisotopic (exact) mass is 264 g/mol. The van der Waals surface area contributed by atoms with E-state index < -0.39 is 21.7 Å². The molecule has 4 nitrogen and oxygen atoms in total. The second-order valence-corrected chi connectivity index (χ2v) is 5.34. The summed E-state index contributed by atoms with van der Waals surface area (Å²) in [5.74, 6) is -1.91. The van der Waals surface area contributed by atoms with Crippen LogP contribution in [0, 0.1) is 11.6 Å². The Labute approximate surface area is 98.9 Å². The van der Waals surface area contributed by atoms with Gasteiger partial charge in [0.1, 0.15) is 0 Å². The number of benzene rings is 1. The number of hydrogen-bond donors (Lipinski definition) is 2. The van der Waals surface area contributed by atoms with Crippen molar-refractivity contribution >= 4 is 10.0 Å². The van der Waals surface area contributed by atoms with Crippen molar-refractivity contribution in [2.24, 2.45) is 5.14 Å². The van der Waals surface area contributed by atoms with Crippen LogP contribution in [0.5, 0.6) is 0 Å². The number of hydrogen-bond acceptors (Lipinski definition) is 3. The highest BCUT2D eigenvalue weighted by molar-refractivity contribution is 7.89. The smallest absolute Gasteiger partial charge is 0.209 e. The van der Waals surface area contributed by atoms with E-state index in [-0.39, 0.29) is 17.9 Å². The maximum absolute atomic E-state index is 13.2. The molecule has 0 unspecified atom stereocenters. The number of halogens is 2. The van der Waals surface area contributed by atoms with E-state index in [1.807, 2.05) is 0 Å². The van der Waals surface area contributed by atoms with Crippen LogP contribution in [-0.2, 0) is 16.6 Å². The molecule has 0 amide bonds. The zero-order chi connectivity index (χ0) is 12.9. The first-order chi connectivity index (χ1) is 7.90. The first kappa shape index (κ1) is 14.0. The molecule has 17 heavy (non-hydrogen) atoms. The number of rotatable bonds is 6. The van der Waals surface area contributed by atoms with Crippen LogP contribution in [0.3, 0.4) is 0 Å². The van der Waals surface area contributed by atoms with Gasteiger partial charge in [0.05, 0.1) is 5.75 Å². The summed E-state index contributed by atoms with van der Waals surface area (Å²) in [6, 6.07) is 3.92. The fourth-order valence-corrected chi connectivity index (χ4v) is 1.85. The molecule has 0 fully saturated rings. The van der Waals surface area contributed by atoms with Crippen LogP contribution in [0.4, 0.5) is 8.78 Å². The number of primary sulfonamides is 1. The topological polar surface area (TPSA) is 72.2 Å². The van der Waals surface area contributed by atoms with E-state index in [1.165, 1.54) is 12.1 Å². The third-order valence-corrected chi connectivity index (χ3v) is 2.99. The van der Waals surface area contributed by atoms with E-state index in [0.29, 0.717) is 13.0 Å². The standard InChI is InChI=1S/C10H14F2N2O2S/c11-9-4-1-3-8(10(9)12)7-14-5-2-6-17(13,15)16/h1,3-4,14H,2,5-7H2,(H2,13,15,16). The third-order valence-electron chi connectivity index (χ3n) is 2.13. The van der Waals surface area contributed by atoms with Crippen molar-refractivity contribution in [1.82, 2.24) is 5.32 Å². The van der Waals surface area contributed by atoms with Crippen molar-refractivity contribution in [1.29, 1.82) is 0 Å². The van der Waals surface area contributed by atoms with Gasteiger partial charge in [-0.15, -0.1) is 0 Å². The van der Waals surface area contributed by atoms with E-state index in [1.54, 1.807) is 0 Å². The molecule has 0 aliphatic carbocycles. The van der Waals surface area contributed by atoms with Gasteiger partial charge in [-0.2, -0.15) is 0 Å². The summed E-state index contributed by atoms with van der Waals surface area (Å²) >= 11 is 0. The van der Waals surface area contributed by atoms with Crippen LogP contribution in [0.2, 0.25) is 0 Å². The molecule has 1 aromatic carbocycles. The van der Waals surface area contributed by atoms with E-state index in [0.717, 1.165) is 6.07 Å². The van der Waals surface area contributed by atoms with Gasteiger partial charge >= 0.3 is 0 Å². The zero-order valence-corrected chi connectivity index (χ0v) is 9.93. The summed E-state index contributed by atoms with van der Waals surface area (Å²) in [4.78, 5) is 0. The Balaban J connectivity index is 2.34. The Kier molecular flexibility index (Phi) is 4.98. The van der Waals surface area contributed by atoms with Crippen LogP contribution >= 0.6 is 0 Å². The van der Waals surface area contributed by atoms with Crippen LogP contribution in [0.25, 0.3) is 0 Å². The largest absolute Gasteiger partial charge is 0.313 e. The highest BCUT2D eigenvalue weighted by Crippen LogP contribution is 2.10. The molecule has 0 aliphatic rings. The van der Waals surface area contributed by atoms with E-state index in [9.17, 15) is 17.2 Å². The van der Waals surface area contributed by atoms with Gasteiger partial charge in [0.15, 0.2) is 11.6 Å². The van der Waals surface area contributed by atoms with Gasteiger partial charge in [-0.1, -0.05) is 12.1 Å². The van der Waals surface area contributed by atoms with Gasteiger partial charge in [-0.05, 0) is 19.0 Å². The predicted octanol–water partition coefficient (Wildman–Crippen LogP) is 0.733. The average molecular weight is 264 g/mol. The molecule has 3 N–H and O–H groups in total. The van der Waals surface area contributed by atoms with Gasteiger partial charge < -0.3 is 5.32 Å². The maximum Gasteiger partial charge on any atom is 0.209 e. The molecule has 0 aromatic heterocycles. The summed E-state index contributed by atoms with van der Waals surface area (Å²) < 4.78 is 47.2. The molecular weight excluding hydrogens is 250 g/mol. The molecule has 0 aliphatic heterocycles. The van der Waals surface area contributed by atoms with Crippen LogP contribution in [0.1, 0.15) is 12.0 Å². The molecular formula is C10H14F2N2O2S. The minimum atomic E-state index is -3.46. The van der Waals surface area contributed by atoms with Crippen molar-refractivity contribution in [3.8, 4) is 0 Å².